The monoisotopic (exact) mass is 256 g/mol. The molecule has 0 fully saturated rings. The van der Waals surface area contributed by atoms with E-state index in [-0.39, 0.29) is 6.42 Å². The molecule has 2 N–H and O–H groups in total. The van der Waals surface area contributed by atoms with Crippen LogP contribution in [0.5, 0.6) is 0 Å². The summed E-state index contributed by atoms with van der Waals surface area (Å²) in [5.41, 5.74) is -0.135. The van der Waals surface area contributed by atoms with Crippen molar-refractivity contribution in [3.05, 3.63) is 34.1 Å². The predicted molar refractivity (Wildman–Crippen MR) is 63.0 cm³/mol. The van der Waals surface area contributed by atoms with Crippen LogP contribution in [0.3, 0.4) is 0 Å². The third-order valence-electron chi connectivity index (χ3n) is 2.29. The van der Waals surface area contributed by atoms with E-state index < -0.39 is 22.4 Å². The molecule has 6 nitrogen and oxygen atoms in total. The second kappa shape index (κ2) is 6.53. The van der Waals surface area contributed by atoms with Crippen LogP contribution >= 0.6 is 0 Å². The average molecular weight is 256 g/mol. The highest BCUT2D eigenvalue weighted by Crippen LogP contribution is 2.21. The van der Waals surface area contributed by atoms with Crippen LogP contribution < -0.4 is 5.32 Å². The van der Waals surface area contributed by atoms with Crippen LogP contribution in [0.2, 0.25) is 0 Å². The van der Waals surface area contributed by atoms with E-state index in [0.717, 1.165) is 12.1 Å². The first-order valence-corrected chi connectivity index (χ1v) is 5.40. The number of unbranched alkanes of at least 4 members (excludes halogenated alkanes) is 1. The molecule has 0 saturated heterocycles. The van der Waals surface area contributed by atoms with Gasteiger partial charge in [-0.3, -0.25) is 14.9 Å². The van der Waals surface area contributed by atoms with Crippen molar-refractivity contribution < 1.29 is 19.2 Å². The molecule has 0 aromatic heterocycles. The van der Waals surface area contributed by atoms with Crippen molar-refractivity contribution in [3.63, 3.8) is 0 Å². The van der Waals surface area contributed by atoms with E-state index in [4.69, 9.17) is 5.11 Å². The summed E-state index contributed by atoms with van der Waals surface area (Å²) in [6.45, 7) is 0.482. The molecule has 1 aromatic carbocycles. The standard InChI is InChI=1S/C11H13FN2O4/c12-9-5-4-8(7-10(9)14(17)18)13-6-2-1-3-11(15)16/h4-5,7,13H,1-3,6H2,(H,15,16). The van der Waals surface area contributed by atoms with Crippen molar-refractivity contribution >= 4 is 17.3 Å². The predicted octanol–water partition coefficient (Wildman–Crippen LogP) is 2.40. The van der Waals surface area contributed by atoms with Gasteiger partial charge in [-0.2, -0.15) is 4.39 Å². The number of hydrogen-bond donors (Lipinski definition) is 2. The normalized spacial score (nSPS) is 10.1. The fourth-order valence-electron chi connectivity index (χ4n) is 1.40. The van der Waals surface area contributed by atoms with Gasteiger partial charge in [-0.15, -0.1) is 0 Å². The molecule has 0 atom stereocenters. The third kappa shape index (κ3) is 4.36. The van der Waals surface area contributed by atoms with Gasteiger partial charge < -0.3 is 10.4 Å². The minimum atomic E-state index is -0.878. The molecule has 0 aliphatic carbocycles. The molecule has 0 saturated carbocycles. The second-order valence-corrected chi connectivity index (χ2v) is 3.70. The Kier molecular flexibility index (Phi) is 5.04. The van der Waals surface area contributed by atoms with Crippen molar-refractivity contribution in [2.75, 3.05) is 11.9 Å². The Hall–Kier alpha value is -2.18. The number of carbonyl (C=O) groups is 1. The lowest BCUT2D eigenvalue weighted by molar-refractivity contribution is -0.387. The van der Waals surface area contributed by atoms with E-state index in [1.54, 1.807) is 0 Å². The Morgan fingerprint density at radius 3 is 2.78 bits per heavy atom. The van der Waals surface area contributed by atoms with Crippen LogP contribution in [0.1, 0.15) is 19.3 Å². The first-order chi connectivity index (χ1) is 8.50. The molecule has 0 aliphatic rings. The van der Waals surface area contributed by atoms with Crippen LogP contribution in [-0.4, -0.2) is 22.5 Å². The molecular formula is C11H13FN2O4. The largest absolute Gasteiger partial charge is 0.481 e. The van der Waals surface area contributed by atoms with Gasteiger partial charge in [0.25, 0.3) is 0 Å². The lowest BCUT2D eigenvalue weighted by Gasteiger charge is -2.05. The fraction of sp³-hybridized carbons (Fsp3) is 0.364. The van der Waals surface area contributed by atoms with Crippen LogP contribution in [0, 0.1) is 15.9 Å². The number of nitro groups is 1. The van der Waals surface area contributed by atoms with Gasteiger partial charge in [0.1, 0.15) is 0 Å². The smallest absolute Gasteiger partial charge is 0.306 e. The maximum atomic E-state index is 13.0. The van der Waals surface area contributed by atoms with Gasteiger partial charge in [0.05, 0.1) is 4.92 Å². The Balaban J connectivity index is 2.45. The van der Waals surface area contributed by atoms with Crippen molar-refractivity contribution in [1.82, 2.24) is 0 Å². The van der Waals surface area contributed by atoms with Gasteiger partial charge in [-0.05, 0) is 25.0 Å². The number of hydrogen-bond acceptors (Lipinski definition) is 4. The summed E-state index contributed by atoms with van der Waals surface area (Å²) in [4.78, 5) is 20.0. The average Bonchev–Trinajstić information content (AvgIpc) is 2.30. The Morgan fingerprint density at radius 2 is 2.17 bits per heavy atom. The summed E-state index contributed by atoms with van der Waals surface area (Å²) in [5.74, 6) is -1.73. The number of nitro benzene ring substituents is 1. The van der Waals surface area contributed by atoms with E-state index in [1.807, 2.05) is 0 Å². The molecular weight excluding hydrogens is 243 g/mol. The Bertz CT molecular complexity index is 451. The molecule has 7 heteroatoms. The molecule has 0 amide bonds. The molecule has 0 spiro atoms. The molecule has 0 unspecified atom stereocenters. The van der Waals surface area contributed by atoms with Crippen molar-refractivity contribution in [1.29, 1.82) is 0 Å². The molecule has 0 heterocycles. The van der Waals surface area contributed by atoms with Crippen LogP contribution in [-0.2, 0) is 4.79 Å². The number of benzene rings is 1. The van der Waals surface area contributed by atoms with E-state index in [9.17, 15) is 19.3 Å². The number of carboxylic acid groups (broad SMARTS) is 1. The highest BCUT2D eigenvalue weighted by Gasteiger charge is 2.13. The fourth-order valence-corrected chi connectivity index (χ4v) is 1.40. The summed E-state index contributed by atoms with van der Waals surface area (Å²) in [6.07, 6.45) is 1.23. The lowest BCUT2D eigenvalue weighted by Crippen LogP contribution is -2.04. The lowest BCUT2D eigenvalue weighted by atomic mass is 10.2. The van der Waals surface area contributed by atoms with E-state index in [1.165, 1.54) is 6.07 Å². The van der Waals surface area contributed by atoms with E-state index in [2.05, 4.69) is 5.32 Å². The first kappa shape index (κ1) is 13.9. The van der Waals surface area contributed by atoms with E-state index >= 15 is 0 Å². The third-order valence-corrected chi connectivity index (χ3v) is 2.29. The zero-order valence-electron chi connectivity index (χ0n) is 9.56. The highest BCUT2D eigenvalue weighted by atomic mass is 19.1. The highest BCUT2D eigenvalue weighted by molar-refractivity contribution is 5.66. The van der Waals surface area contributed by atoms with Gasteiger partial charge in [0, 0.05) is 24.7 Å². The second-order valence-electron chi connectivity index (χ2n) is 3.70. The number of nitrogens with zero attached hydrogens (tertiary/aromatic N) is 1. The number of nitrogens with one attached hydrogen (secondary N) is 1. The number of carboxylic acids is 1. The quantitative estimate of drug-likeness (QED) is 0.444. The molecule has 1 aromatic rings. The number of rotatable bonds is 7. The minimum absolute atomic E-state index is 0.0885. The maximum Gasteiger partial charge on any atom is 0.306 e. The Morgan fingerprint density at radius 1 is 1.44 bits per heavy atom. The summed E-state index contributed by atoms with van der Waals surface area (Å²) in [7, 11) is 0. The molecule has 98 valence electrons. The van der Waals surface area contributed by atoms with Crippen LogP contribution in [0.4, 0.5) is 15.8 Å². The molecule has 0 aliphatic heterocycles. The minimum Gasteiger partial charge on any atom is -0.481 e. The molecule has 0 radical (unpaired) electrons. The number of halogens is 1. The van der Waals surface area contributed by atoms with Gasteiger partial charge in [0.15, 0.2) is 0 Å². The number of aliphatic carboxylic acids is 1. The number of anilines is 1. The van der Waals surface area contributed by atoms with Crippen LogP contribution in [0.15, 0.2) is 18.2 Å². The van der Waals surface area contributed by atoms with Crippen molar-refractivity contribution in [2.24, 2.45) is 0 Å². The van der Waals surface area contributed by atoms with Gasteiger partial charge in [0.2, 0.25) is 5.82 Å². The zero-order chi connectivity index (χ0) is 13.5. The zero-order valence-corrected chi connectivity index (χ0v) is 9.56. The summed E-state index contributed by atoms with van der Waals surface area (Å²) >= 11 is 0. The molecule has 18 heavy (non-hydrogen) atoms. The van der Waals surface area contributed by atoms with Gasteiger partial charge in [-0.25, -0.2) is 0 Å². The molecule has 0 bridgehead atoms. The summed E-state index contributed by atoms with van der Waals surface area (Å²) in [6, 6.07) is 3.55. The first-order valence-electron chi connectivity index (χ1n) is 5.40. The Labute approximate surface area is 103 Å². The van der Waals surface area contributed by atoms with Gasteiger partial charge in [-0.1, -0.05) is 0 Å². The maximum absolute atomic E-state index is 13.0. The molecule has 1 rings (SSSR count). The van der Waals surface area contributed by atoms with E-state index in [0.29, 0.717) is 25.1 Å². The van der Waals surface area contributed by atoms with Crippen molar-refractivity contribution in [2.45, 2.75) is 19.3 Å². The van der Waals surface area contributed by atoms with Gasteiger partial charge >= 0.3 is 11.7 Å². The summed E-state index contributed by atoms with van der Waals surface area (Å²) < 4.78 is 13.0. The van der Waals surface area contributed by atoms with Crippen molar-refractivity contribution in [3.8, 4) is 0 Å². The van der Waals surface area contributed by atoms with Crippen LogP contribution in [0.25, 0.3) is 0 Å². The topological polar surface area (TPSA) is 92.5 Å². The SMILES string of the molecule is O=C(O)CCCCNc1ccc(F)c([N+](=O)[O-])c1. The summed E-state index contributed by atoms with van der Waals surface area (Å²) in [5, 5.41) is 21.8.